The Morgan fingerprint density at radius 1 is 1.48 bits per heavy atom. The number of carbonyl (C=O) groups is 1. The number of nitro benzene ring substituents is 1. The van der Waals surface area contributed by atoms with Gasteiger partial charge < -0.3 is 15.0 Å². The maximum atomic E-state index is 12.0. The molecule has 1 aliphatic rings. The van der Waals surface area contributed by atoms with E-state index < -0.39 is 4.92 Å². The number of piperazine rings is 1. The van der Waals surface area contributed by atoms with Gasteiger partial charge in [0.05, 0.1) is 4.92 Å². The van der Waals surface area contributed by atoms with Crippen molar-refractivity contribution < 1.29 is 14.5 Å². The highest BCUT2D eigenvalue weighted by atomic mass is 79.9. The molecule has 1 amide bonds. The molecular formula is C13H16BrN3O4. The van der Waals surface area contributed by atoms with Gasteiger partial charge in [0.15, 0.2) is 6.61 Å². The number of hydrogen-bond acceptors (Lipinski definition) is 5. The lowest BCUT2D eigenvalue weighted by molar-refractivity contribution is -0.385. The molecule has 1 fully saturated rings. The maximum Gasteiger partial charge on any atom is 0.312 e. The summed E-state index contributed by atoms with van der Waals surface area (Å²) in [4.78, 5) is 24.3. The van der Waals surface area contributed by atoms with E-state index in [1.807, 2.05) is 0 Å². The Hall–Kier alpha value is -1.67. The molecule has 0 unspecified atom stereocenters. The summed E-state index contributed by atoms with van der Waals surface area (Å²) in [5.41, 5.74) is 0.471. The van der Waals surface area contributed by atoms with E-state index in [1.54, 1.807) is 17.9 Å². The molecule has 0 radical (unpaired) electrons. The normalized spacial score (nSPS) is 14.9. The number of nitrogens with zero attached hydrogens (tertiary/aromatic N) is 2. The van der Waals surface area contributed by atoms with Gasteiger partial charge in [-0.15, -0.1) is 0 Å². The number of nitro groups is 1. The molecule has 0 aromatic heterocycles. The molecule has 0 saturated carbocycles. The standard InChI is InChI=1S/C13H16BrN3O4/c1-9-6-10(14)7-11(17(19)20)13(9)21-8-12(18)16-4-2-15-3-5-16/h6-7,15H,2-5,8H2,1H3. The quantitative estimate of drug-likeness (QED) is 0.651. The number of nitrogens with one attached hydrogen (secondary N) is 1. The molecule has 0 aliphatic carbocycles. The van der Waals surface area contributed by atoms with Crippen molar-refractivity contribution in [3.05, 3.63) is 32.3 Å². The second kappa shape index (κ2) is 6.86. The number of halogens is 1. The van der Waals surface area contributed by atoms with Crippen LogP contribution in [0, 0.1) is 17.0 Å². The van der Waals surface area contributed by atoms with Crippen molar-refractivity contribution >= 4 is 27.5 Å². The van der Waals surface area contributed by atoms with Crippen molar-refractivity contribution in [3.8, 4) is 5.75 Å². The Bertz CT molecular complexity index is 559. The zero-order chi connectivity index (χ0) is 15.4. The van der Waals surface area contributed by atoms with Crippen LogP contribution in [0.1, 0.15) is 5.56 Å². The first kappa shape index (κ1) is 15.7. The highest BCUT2D eigenvalue weighted by molar-refractivity contribution is 9.10. The number of benzene rings is 1. The number of amides is 1. The molecule has 1 aromatic carbocycles. The van der Waals surface area contributed by atoms with Gasteiger partial charge in [0, 0.05) is 36.7 Å². The monoisotopic (exact) mass is 357 g/mol. The molecule has 1 heterocycles. The number of hydrogen-bond donors (Lipinski definition) is 1. The third-order valence-corrected chi connectivity index (χ3v) is 3.68. The Balaban J connectivity index is 2.08. The predicted molar refractivity (Wildman–Crippen MR) is 80.5 cm³/mol. The fraction of sp³-hybridized carbons (Fsp3) is 0.462. The van der Waals surface area contributed by atoms with E-state index in [4.69, 9.17) is 4.74 Å². The van der Waals surface area contributed by atoms with Gasteiger partial charge in [0.25, 0.3) is 5.91 Å². The topological polar surface area (TPSA) is 84.7 Å². The molecule has 0 atom stereocenters. The van der Waals surface area contributed by atoms with Crippen molar-refractivity contribution in [3.63, 3.8) is 0 Å². The third kappa shape index (κ3) is 3.92. The largest absolute Gasteiger partial charge is 0.477 e. The van der Waals surface area contributed by atoms with Crippen LogP contribution in [0.3, 0.4) is 0 Å². The van der Waals surface area contributed by atoms with Crippen molar-refractivity contribution in [2.75, 3.05) is 32.8 Å². The summed E-state index contributed by atoms with van der Waals surface area (Å²) in [5.74, 6) is -0.0141. The summed E-state index contributed by atoms with van der Waals surface area (Å²) < 4.78 is 6.03. The molecule has 1 aromatic rings. The van der Waals surface area contributed by atoms with Gasteiger partial charge in [-0.05, 0) is 18.6 Å². The fourth-order valence-corrected chi connectivity index (χ4v) is 2.74. The van der Waals surface area contributed by atoms with Crippen LogP contribution in [0.25, 0.3) is 0 Å². The molecule has 1 aliphatic heterocycles. The minimum atomic E-state index is -0.512. The lowest BCUT2D eigenvalue weighted by Crippen LogP contribution is -2.48. The smallest absolute Gasteiger partial charge is 0.312 e. The van der Waals surface area contributed by atoms with Crippen molar-refractivity contribution in [2.45, 2.75) is 6.92 Å². The molecule has 8 heteroatoms. The van der Waals surface area contributed by atoms with Gasteiger partial charge in [-0.3, -0.25) is 14.9 Å². The number of carbonyl (C=O) groups excluding carboxylic acids is 1. The summed E-state index contributed by atoms with van der Waals surface area (Å²) in [6.45, 7) is 4.28. The minimum Gasteiger partial charge on any atom is -0.477 e. The van der Waals surface area contributed by atoms with Crippen LogP contribution in [0.15, 0.2) is 16.6 Å². The van der Waals surface area contributed by atoms with Gasteiger partial charge in [-0.1, -0.05) is 15.9 Å². The summed E-state index contributed by atoms with van der Waals surface area (Å²) in [5, 5.41) is 14.2. The van der Waals surface area contributed by atoms with Crippen LogP contribution in [-0.2, 0) is 4.79 Å². The Labute approximate surface area is 130 Å². The minimum absolute atomic E-state index is 0.144. The summed E-state index contributed by atoms with van der Waals surface area (Å²) in [7, 11) is 0. The molecule has 0 spiro atoms. The molecule has 114 valence electrons. The van der Waals surface area contributed by atoms with Crippen LogP contribution in [0.5, 0.6) is 5.75 Å². The molecule has 0 bridgehead atoms. The van der Waals surface area contributed by atoms with E-state index in [0.29, 0.717) is 23.1 Å². The van der Waals surface area contributed by atoms with Crippen LogP contribution in [0.4, 0.5) is 5.69 Å². The molecule has 21 heavy (non-hydrogen) atoms. The third-order valence-electron chi connectivity index (χ3n) is 3.23. The summed E-state index contributed by atoms with van der Waals surface area (Å²) in [6, 6.07) is 3.09. The highest BCUT2D eigenvalue weighted by Crippen LogP contribution is 2.34. The number of rotatable bonds is 4. The predicted octanol–water partition coefficient (Wildman–Crippen LogP) is 1.48. The first-order valence-electron chi connectivity index (χ1n) is 6.55. The molecule has 7 nitrogen and oxygen atoms in total. The van der Waals surface area contributed by atoms with Crippen molar-refractivity contribution in [1.29, 1.82) is 0 Å². The van der Waals surface area contributed by atoms with E-state index >= 15 is 0 Å². The first-order valence-corrected chi connectivity index (χ1v) is 7.34. The van der Waals surface area contributed by atoms with E-state index in [2.05, 4.69) is 21.2 Å². The molecular weight excluding hydrogens is 342 g/mol. The fourth-order valence-electron chi connectivity index (χ4n) is 2.18. The van der Waals surface area contributed by atoms with Gasteiger partial charge in [0.2, 0.25) is 5.75 Å². The van der Waals surface area contributed by atoms with E-state index in [-0.39, 0.29) is 24.0 Å². The SMILES string of the molecule is Cc1cc(Br)cc([N+](=O)[O-])c1OCC(=O)N1CCNCC1. The Morgan fingerprint density at radius 2 is 2.14 bits per heavy atom. The first-order chi connectivity index (χ1) is 9.99. The van der Waals surface area contributed by atoms with E-state index in [1.165, 1.54) is 6.07 Å². The lowest BCUT2D eigenvalue weighted by atomic mass is 10.2. The summed E-state index contributed by atoms with van der Waals surface area (Å²) in [6.07, 6.45) is 0. The zero-order valence-corrected chi connectivity index (χ0v) is 13.2. The van der Waals surface area contributed by atoms with Gasteiger partial charge in [-0.25, -0.2) is 0 Å². The van der Waals surface area contributed by atoms with Gasteiger partial charge in [-0.2, -0.15) is 0 Å². The summed E-state index contributed by atoms with van der Waals surface area (Å²) >= 11 is 3.22. The second-order valence-corrected chi connectivity index (χ2v) is 5.66. The van der Waals surface area contributed by atoms with Gasteiger partial charge in [0.1, 0.15) is 0 Å². The molecule has 1 saturated heterocycles. The van der Waals surface area contributed by atoms with E-state index in [9.17, 15) is 14.9 Å². The average molecular weight is 358 g/mol. The number of ether oxygens (including phenoxy) is 1. The van der Waals surface area contributed by atoms with Gasteiger partial charge >= 0.3 is 5.69 Å². The highest BCUT2D eigenvalue weighted by Gasteiger charge is 2.22. The van der Waals surface area contributed by atoms with Crippen LogP contribution in [0.2, 0.25) is 0 Å². The lowest BCUT2D eigenvalue weighted by Gasteiger charge is -2.27. The second-order valence-electron chi connectivity index (χ2n) is 4.75. The maximum absolute atomic E-state index is 12.0. The Morgan fingerprint density at radius 3 is 2.76 bits per heavy atom. The van der Waals surface area contributed by atoms with Crippen molar-refractivity contribution in [2.24, 2.45) is 0 Å². The number of aryl methyl sites for hydroxylation is 1. The Kier molecular flexibility index (Phi) is 5.13. The molecule has 2 rings (SSSR count). The zero-order valence-electron chi connectivity index (χ0n) is 11.6. The van der Waals surface area contributed by atoms with Crippen LogP contribution < -0.4 is 10.1 Å². The van der Waals surface area contributed by atoms with Crippen LogP contribution >= 0.6 is 15.9 Å². The average Bonchev–Trinajstić information content (AvgIpc) is 2.46. The molecule has 1 N–H and O–H groups in total. The van der Waals surface area contributed by atoms with Crippen LogP contribution in [-0.4, -0.2) is 48.5 Å². The van der Waals surface area contributed by atoms with Crippen molar-refractivity contribution in [1.82, 2.24) is 10.2 Å². The van der Waals surface area contributed by atoms with E-state index in [0.717, 1.165) is 13.1 Å².